The average molecular weight is 370 g/mol. The molecular weight excluding hydrogens is 356 g/mol. The summed E-state index contributed by atoms with van der Waals surface area (Å²) in [5.41, 5.74) is 0. The molecule has 1 saturated heterocycles. The first-order valence-electron chi connectivity index (χ1n) is 6.00. The lowest BCUT2D eigenvalue weighted by Gasteiger charge is -2.36. The van der Waals surface area contributed by atoms with E-state index in [0.29, 0.717) is 11.4 Å². The van der Waals surface area contributed by atoms with Crippen LogP contribution in [0.4, 0.5) is 8.78 Å². The topological polar surface area (TPSA) is 46.6 Å². The quantitative estimate of drug-likeness (QED) is 0.766. The number of hydrogen-bond acceptors (Lipinski definition) is 3. The van der Waals surface area contributed by atoms with Crippen molar-refractivity contribution in [2.75, 3.05) is 18.5 Å². The molecule has 0 saturated carbocycles. The van der Waals surface area contributed by atoms with Gasteiger partial charge in [0.2, 0.25) is 10.0 Å². The number of sulfonamides is 1. The van der Waals surface area contributed by atoms with Crippen LogP contribution in [0.5, 0.6) is 0 Å². The van der Waals surface area contributed by atoms with E-state index in [1.807, 2.05) is 0 Å². The Morgan fingerprint density at radius 3 is 2.80 bits per heavy atom. The first-order chi connectivity index (χ1) is 9.36. The molecule has 2 rings (SSSR count). The first kappa shape index (κ1) is 15.8. The molecule has 1 heterocycles. The molecule has 0 amide bonds. The smallest absolute Gasteiger partial charge is 0.246 e. The Kier molecular flexibility index (Phi) is 4.78. The largest absolute Gasteiger partial charge is 0.374 e. The molecule has 0 spiro atoms. The van der Waals surface area contributed by atoms with Crippen LogP contribution in [0.3, 0.4) is 0 Å². The predicted molar refractivity (Wildman–Crippen MR) is 73.2 cm³/mol. The van der Waals surface area contributed by atoms with Crippen molar-refractivity contribution >= 4 is 26.0 Å². The standard InChI is InChI=1S/C12H14BrF2NO3S/c1-8-7-19-10(5-13)6-16(8)20(17,18)12-4-9(14)2-3-11(12)15/h2-4,8,10H,5-7H2,1H3. The second kappa shape index (κ2) is 6.05. The van der Waals surface area contributed by atoms with Gasteiger partial charge >= 0.3 is 0 Å². The van der Waals surface area contributed by atoms with Gasteiger partial charge < -0.3 is 4.74 Å². The van der Waals surface area contributed by atoms with Gasteiger partial charge in [-0.15, -0.1) is 0 Å². The number of nitrogens with zero attached hydrogens (tertiary/aromatic N) is 1. The second-order valence-corrected chi connectivity index (χ2v) is 7.11. The molecule has 1 aromatic carbocycles. The summed E-state index contributed by atoms with van der Waals surface area (Å²) < 4.78 is 58.5. The van der Waals surface area contributed by atoms with Gasteiger partial charge in [0.15, 0.2) is 0 Å². The minimum atomic E-state index is -4.09. The van der Waals surface area contributed by atoms with Gasteiger partial charge in [0.25, 0.3) is 0 Å². The van der Waals surface area contributed by atoms with E-state index in [9.17, 15) is 17.2 Å². The van der Waals surface area contributed by atoms with Crippen molar-refractivity contribution in [3.05, 3.63) is 29.8 Å². The minimum absolute atomic E-state index is 0.102. The maximum absolute atomic E-state index is 13.7. The number of morpholine rings is 1. The van der Waals surface area contributed by atoms with E-state index in [1.165, 1.54) is 0 Å². The lowest BCUT2D eigenvalue weighted by atomic mass is 10.2. The number of rotatable bonds is 3. The third kappa shape index (κ3) is 3.03. The molecule has 0 aliphatic carbocycles. The Balaban J connectivity index is 2.40. The molecular formula is C12H14BrF2NO3S. The Bertz CT molecular complexity index is 596. The summed E-state index contributed by atoms with van der Waals surface area (Å²) in [7, 11) is -4.09. The van der Waals surface area contributed by atoms with Crippen molar-refractivity contribution < 1.29 is 21.9 Å². The van der Waals surface area contributed by atoms with E-state index in [4.69, 9.17) is 4.74 Å². The number of hydrogen-bond donors (Lipinski definition) is 0. The molecule has 112 valence electrons. The van der Waals surface area contributed by atoms with Crippen LogP contribution < -0.4 is 0 Å². The van der Waals surface area contributed by atoms with Crippen molar-refractivity contribution in [3.8, 4) is 0 Å². The molecule has 1 aliphatic rings. The van der Waals surface area contributed by atoms with Crippen LogP contribution in [0.2, 0.25) is 0 Å². The molecule has 1 aliphatic heterocycles. The van der Waals surface area contributed by atoms with Gasteiger partial charge in [-0.1, -0.05) is 15.9 Å². The first-order valence-corrected chi connectivity index (χ1v) is 8.57. The van der Waals surface area contributed by atoms with E-state index in [2.05, 4.69) is 15.9 Å². The average Bonchev–Trinajstić information content (AvgIpc) is 2.41. The maximum Gasteiger partial charge on any atom is 0.246 e. The van der Waals surface area contributed by atoms with E-state index < -0.39 is 32.6 Å². The molecule has 1 fully saturated rings. The van der Waals surface area contributed by atoms with E-state index in [-0.39, 0.29) is 19.3 Å². The molecule has 8 heteroatoms. The summed E-state index contributed by atoms with van der Waals surface area (Å²) in [5, 5.41) is 0.470. The predicted octanol–water partition coefficient (Wildman–Crippen LogP) is 2.14. The van der Waals surface area contributed by atoms with Crippen LogP contribution in [0.25, 0.3) is 0 Å². The third-order valence-corrected chi connectivity index (χ3v) is 5.82. The van der Waals surface area contributed by atoms with Gasteiger partial charge in [0.1, 0.15) is 16.5 Å². The van der Waals surface area contributed by atoms with E-state index >= 15 is 0 Å². The van der Waals surface area contributed by atoms with Gasteiger partial charge in [-0.3, -0.25) is 0 Å². The Morgan fingerprint density at radius 2 is 2.15 bits per heavy atom. The second-order valence-electron chi connectivity index (χ2n) is 4.61. The number of alkyl halides is 1. The van der Waals surface area contributed by atoms with Crippen LogP contribution in [0.15, 0.2) is 23.1 Å². The maximum atomic E-state index is 13.7. The summed E-state index contributed by atoms with van der Waals surface area (Å²) in [6.07, 6.45) is -0.308. The SMILES string of the molecule is CC1COC(CBr)CN1S(=O)(=O)c1cc(F)ccc1F. The van der Waals surface area contributed by atoms with Crippen LogP contribution in [0.1, 0.15) is 6.92 Å². The Morgan fingerprint density at radius 1 is 1.45 bits per heavy atom. The lowest BCUT2D eigenvalue weighted by Crippen LogP contribution is -2.51. The van der Waals surface area contributed by atoms with Gasteiger partial charge in [0.05, 0.1) is 12.7 Å². The highest BCUT2D eigenvalue weighted by Crippen LogP contribution is 2.25. The molecule has 4 nitrogen and oxygen atoms in total. The van der Waals surface area contributed by atoms with E-state index in [0.717, 1.165) is 16.4 Å². The van der Waals surface area contributed by atoms with Crippen molar-refractivity contribution in [1.29, 1.82) is 0 Å². The fourth-order valence-electron chi connectivity index (χ4n) is 2.02. The number of ether oxygens (including phenoxy) is 1. The van der Waals surface area contributed by atoms with Crippen LogP contribution in [-0.2, 0) is 14.8 Å². The molecule has 0 aromatic heterocycles. The zero-order valence-electron chi connectivity index (χ0n) is 10.7. The molecule has 2 atom stereocenters. The fraction of sp³-hybridized carbons (Fsp3) is 0.500. The minimum Gasteiger partial charge on any atom is -0.374 e. The van der Waals surface area contributed by atoms with Gasteiger partial charge in [0, 0.05) is 17.9 Å². The summed E-state index contributed by atoms with van der Waals surface area (Å²) in [5.74, 6) is -1.75. The van der Waals surface area contributed by atoms with Gasteiger partial charge in [-0.25, -0.2) is 17.2 Å². The van der Waals surface area contributed by atoms with Gasteiger partial charge in [-0.2, -0.15) is 4.31 Å². The zero-order valence-corrected chi connectivity index (χ0v) is 13.1. The molecule has 0 bridgehead atoms. The summed E-state index contributed by atoms with van der Waals surface area (Å²) in [6.45, 7) is 1.98. The molecule has 2 unspecified atom stereocenters. The highest BCUT2D eigenvalue weighted by Gasteiger charge is 2.36. The van der Waals surface area contributed by atoms with Crippen molar-refractivity contribution in [2.24, 2.45) is 0 Å². The highest BCUT2D eigenvalue weighted by molar-refractivity contribution is 9.09. The Hall–Kier alpha value is -0.570. The van der Waals surface area contributed by atoms with Gasteiger partial charge in [-0.05, 0) is 25.1 Å². The monoisotopic (exact) mass is 369 g/mol. The molecule has 0 N–H and O–H groups in total. The van der Waals surface area contributed by atoms with Crippen LogP contribution >= 0.6 is 15.9 Å². The lowest BCUT2D eigenvalue weighted by molar-refractivity contribution is -0.0140. The van der Waals surface area contributed by atoms with Crippen LogP contribution in [-0.4, -0.2) is 43.4 Å². The van der Waals surface area contributed by atoms with Crippen molar-refractivity contribution in [2.45, 2.75) is 24.0 Å². The third-order valence-electron chi connectivity index (χ3n) is 3.10. The zero-order chi connectivity index (χ0) is 14.9. The normalized spacial score (nSPS) is 24.8. The van der Waals surface area contributed by atoms with Crippen molar-refractivity contribution in [3.63, 3.8) is 0 Å². The highest BCUT2D eigenvalue weighted by atomic mass is 79.9. The molecule has 0 radical (unpaired) electrons. The number of halogens is 3. The Labute approximate surface area is 124 Å². The van der Waals surface area contributed by atoms with E-state index in [1.54, 1.807) is 6.92 Å². The number of benzene rings is 1. The summed E-state index contributed by atoms with van der Waals surface area (Å²) in [6, 6.07) is 1.97. The van der Waals surface area contributed by atoms with Crippen molar-refractivity contribution in [1.82, 2.24) is 4.31 Å². The molecule has 1 aromatic rings. The fourth-order valence-corrected chi connectivity index (χ4v) is 4.14. The molecule has 20 heavy (non-hydrogen) atoms. The summed E-state index contributed by atoms with van der Waals surface area (Å²) in [4.78, 5) is -0.639. The van der Waals surface area contributed by atoms with Crippen LogP contribution in [0, 0.1) is 11.6 Å². The summed E-state index contributed by atoms with van der Waals surface area (Å²) >= 11 is 3.23.